The third-order valence-corrected chi connectivity index (χ3v) is 3.83. The molecule has 0 saturated heterocycles. The van der Waals surface area contributed by atoms with Crippen molar-refractivity contribution < 1.29 is 0 Å². The van der Waals surface area contributed by atoms with E-state index in [1.54, 1.807) is 6.33 Å². The summed E-state index contributed by atoms with van der Waals surface area (Å²) >= 11 is 0. The van der Waals surface area contributed by atoms with E-state index < -0.39 is 0 Å². The van der Waals surface area contributed by atoms with Crippen LogP contribution in [0.3, 0.4) is 0 Å². The van der Waals surface area contributed by atoms with E-state index in [-0.39, 0.29) is 0 Å². The van der Waals surface area contributed by atoms with Crippen molar-refractivity contribution in [2.75, 3.05) is 18.0 Å². The Hall–Kier alpha value is -1.95. The average Bonchev–Trinajstić information content (AvgIpc) is 3.00. The van der Waals surface area contributed by atoms with Crippen LogP contribution in [0.2, 0.25) is 0 Å². The molecule has 0 aliphatic carbocycles. The standard InChI is InChI=1S/C15H22N6/c1-3-13-7-12(9-16-4-2)8-14(18-13)20-5-6-21-11-17-19-15(21)10-20/h7-8,11,16H,3-6,9-10H2,1-2H3. The van der Waals surface area contributed by atoms with Gasteiger partial charge in [-0.1, -0.05) is 13.8 Å². The Bertz CT molecular complexity index is 606. The third-order valence-electron chi connectivity index (χ3n) is 3.83. The second-order valence-electron chi connectivity index (χ2n) is 5.32. The van der Waals surface area contributed by atoms with Crippen LogP contribution in [0.5, 0.6) is 0 Å². The Labute approximate surface area is 125 Å². The van der Waals surface area contributed by atoms with E-state index in [4.69, 9.17) is 4.98 Å². The number of aryl methyl sites for hydroxylation is 1. The topological polar surface area (TPSA) is 58.9 Å². The van der Waals surface area contributed by atoms with Crippen molar-refractivity contribution >= 4 is 5.82 Å². The second-order valence-corrected chi connectivity index (χ2v) is 5.32. The summed E-state index contributed by atoms with van der Waals surface area (Å²) in [6.07, 6.45) is 2.76. The molecule has 0 radical (unpaired) electrons. The monoisotopic (exact) mass is 286 g/mol. The molecule has 21 heavy (non-hydrogen) atoms. The zero-order chi connectivity index (χ0) is 14.7. The van der Waals surface area contributed by atoms with Gasteiger partial charge >= 0.3 is 0 Å². The molecule has 0 bridgehead atoms. The van der Waals surface area contributed by atoms with Crippen molar-refractivity contribution in [2.45, 2.75) is 39.9 Å². The lowest BCUT2D eigenvalue weighted by Crippen LogP contribution is -2.34. The predicted molar refractivity (Wildman–Crippen MR) is 82.1 cm³/mol. The number of aromatic nitrogens is 4. The van der Waals surface area contributed by atoms with Crippen molar-refractivity contribution in [3.63, 3.8) is 0 Å². The fraction of sp³-hybridized carbons (Fsp3) is 0.533. The highest BCUT2D eigenvalue weighted by Crippen LogP contribution is 2.20. The Morgan fingerprint density at radius 1 is 1.24 bits per heavy atom. The largest absolute Gasteiger partial charge is 0.347 e. The fourth-order valence-corrected chi connectivity index (χ4v) is 2.61. The Balaban J connectivity index is 1.84. The molecule has 0 fully saturated rings. The molecule has 0 spiro atoms. The van der Waals surface area contributed by atoms with Crippen molar-refractivity contribution in [2.24, 2.45) is 0 Å². The molecule has 2 aromatic heterocycles. The van der Waals surface area contributed by atoms with Gasteiger partial charge in [0.1, 0.15) is 12.1 Å². The molecule has 0 saturated carbocycles. The van der Waals surface area contributed by atoms with E-state index >= 15 is 0 Å². The summed E-state index contributed by atoms with van der Waals surface area (Å²) in [7, 11) is 0. The third kappa shape index (κ3) is 3.05. The molecular formula is C15H22N6. The summed E-state index contributed by atoms with van der Waals surface area (Å²) in [4.78, 5) is 7.07. The maximum Gasteiger partial charge on any atom is 0.152 e. The summed E-state index contributed by atoms with van der Waals surface area (Å²) in [5.74, 6) is 2.06. The molecule has 2 aromatic rings. The van der Waals surface area contributed by atoms with Gasteiger partial charge in [0.05, 0.1) is 6.54 Å². The highest BCUT2D eigenvalue weighted by molar-refractivity contribution is 5.43. The van der Waals surface area contributed by atoms with E-state index in [0.29, 0.717) is 0 Å². The Morgan fingerprint density at radius 2 is 2.14 bits per heavy atom. The van der Waals surface area contributed by atoms with Crippen molar-refractivity contribution in [1.82, 2.24) is 25.1 Å². The van der Waals surface area contributed by atoms with E-state index in [1.807, 2.05) is 0 Å². The summed E-state index contributed by atoms with van der Waals surface area (Å²) in [5, 5.41) is 11.5. The van der Waals surface area contributed by atoms with Crippen LogP contribution in [0.15, 0.2) is 18.5 Å². The average molecular weight is 286 g/mol. The second kappa shape index (κ2) is 6.22. The number of rotatable bonds is 5. The molecule has 1 N–H and O–H groups in total. The lowest BCUT2D eigenvalue weighted by molar-refractivity contribution is 0.555. The molecule has 112 valence electrons. The van der Waals surface area contributed by atoms with Crippen molar-refractivity contribution in [3.05, 3.63) is 35.5 Å². The quantitative estimate of drug-likeness (QED) is 0.899. The number of hydrogen-bond acceptors (Lipinski definition) is 5. The van der Waals surface area contributed by atoms with Gasteiger partial charge in [-0.15, -0.1) is 10.2 Å². The van der Waals surface area contributed by atoms with Gasteiger partial charge in [0.15, 0.2) is 5.82 Å². The van der Waals surface area contributed by atoms with Gasteiger partial charge < -0.3 is 14.8 Å². The molecule has 0 amide bonds. The van der Waals surface area contributed by atoms with Crippen LogP contribution in [0.25, 0.3) is 0 Å². The number of fused-ring (bicyclic) bond motifs is 1. The first-order valence-corrected chi connectivity index (χ1v) is 7.62. The normalized spacial score (nSPS) is 14.3. The Morgan fingerprint density at radius 3 is 2.95 bits per heavy atom. The van der Waals surface area contributed by atoms with Gasteiger partial charge in [-0.05, 0) is 30.7 Å². The van der Waals surface area contributed by atoms with E-state index in [2.05, 4.69) is 51.0 Å². The number of nitrogens with zero attached hydrogens (tertiary/aromatic N) is 5. The molecule has 0 unspecified atom stereocenters. The molecule has 1 aliphatic rings. The van der Waals surface area contributed by atoms with Gasteiger partial charge in [0.2, 0.25) is 0 Å². The molecule has 3 rings (SSSR count). The number of pyridine rings is 1. The highest BCUT2D eigenvalue weighted by Gasteiger charge is 2.19. The minimum atomic E-state index is 0.779. The molecule has 1 aliphatic heterocycles. The highest BCUT2D eigenvalue weighted by atomic mass is 15.3. The van der Waals surface area contributed by atoms with Gasteiger partial charge in [-0.3, -0.25) is 0 Å². The summed E-state index contributed by atoms with van der Waals surface area (Å²) in [5.41, 5.74) is 2.44. The molecule has 6 nitrogen and oxygen atoms in total. The number of anilines is 1. The minimum absolute atomic E-state index is 0.779. The molecule has 0 atom stereocenters. The van der Waals surface area contributed by atoms with E-state index in [0.717, 1.165) is 56.5 Å². The Kier molecular flexibility index (Phi) is 4.15. The summed E-state index contributed by atoms with van der Waals surface area (Å²) in [6.45, 7) is 8.79. The number of nitrogens with one attached hydrogen (secondary N) is 1. The minimum Gasteiger partial charge on any atom is -0.347 e. The fourth-order valence-electron chi connectivity index (χ4n) is 2.61. The molecule has 6 heteroatoms. The van der Waals surface area contributed by atoms with Gasteiger partial charge in [-0.25, -0.2) is 4.98 Å². The van der Waals surface area contributed by atoms with Gasteiger partial charge in [0, 0.05) is 25.3 Å². The SMILES string of the molecule is CCNCc1cc(CC)nc(N2CCn3cnnc3C2)c1. The first-order valence-electron chi connectivity index (χ1n) is 7.62. The van der Waals surface area contributed by atoms with Crippen LogP contribution >= 0.6 is 0 Å². The maximum atomic E-state index is 4.78. The van der Waals surface area contributed by atoms with Crippen LogP contribution in [-0.2, 0) is 26.1 Å². The first kappa shape index (κ1) is 14.0. The van der Waals surface area contributed by atoms with Crippen LogP contribution in [-0.4, -0.2) is 32.8 Å². The molecule has 0 aromatic carbocycles. The lowest BCUT2D eigenvalue weighted by atomic mass is 10.1. The van der Waals surface area contributed by atoms with Crippen LogP contribution in [0.1, 0.15) is 30.9 Å². The zero-order valence-electron chi connectivity index (χ0n) is 12.7. The summed E-state index contributed by atoms with van der Waals surface area (Å²) < 4.78 is 2.11. The smallest absolute Gasteiger partial charge is 0.152 e. The lowest BCUT2D eigenvalue weighted by Gasteiger charge is -2.28. The molecule has 3 heterocycles. The van der Waals surface area contributed by atoms with Gasteiger partial charge in [-0.2, -0.15) is 0 Å². The van der Waals surface area contributed by atoms with Crippen molar-refractivity contribution in [1.29, 1.82) is 0 Å². The maximum absolute atomic E-state index is 4.78. The zero-order valence-corrected chi connectivity index (χ0v) is 12.7. The van der Waals surface area contributed by atoms with Crippen LogP contribution in [0.4, 0.5) is 5.82 Å². The summed E-state index contributed by atoms with van der Waals surface area (Å²) in [6, 6.07) is 4.38. The van der Waals surface area contributed by atoms with E-state index in [9.17, 15) is 0 Å². The number of hydrogen-bond donors (Lipinski definition) is 1. The molecular weight excluding hydrogens is 264 g/mol. The predicted octanol–water partition coefficient (Wildman–Crippen LogP) is 1.37. The van der Waals surface area contributed by atoms with Crippen LogP contribution < -0.4 is 10.2 Å². The first-order chi connectivity index (χ1) is 10.3. The van der Waals surface area contributed by atoms with E-state index in [1.165, 1.54) is 5.56 Å². The van der Waals surface area contributed by atoms with Gasteiger partial charge in [0.25, 0.3) is 0 Å². The van der Waals surface area contributed by atoms with Crippen molar-refractivity contribution in [3.8, 4) is 0 Å². The van der Waals surface area contributed by atoms with Crippen LogP contribution in [0, 0.1) is 0 Å².